The van der Waals surface area contributed by atoms with E-state index in [2.05, 4.69) is 5.32 Å². The Kier molecular flexibility index (Phi) is 11.9. The van der Waals surface area contributed by atoms with Crippen molar-refractivity contribution in [3.63, 3.8) is 0 Å². The van der Waals surface area contributed by atoms with E-state index < -0.39 is 28.5 Å². The van der Waals surface area contributed by atoms with Crippen molar-refractivity contribution in [1.29, 1.82) is 0 Å². The van der Waals surface area contributed by atoms with Crippen LogP contribution in [0.4, 0.5) is 5.69 Å². The summed E-state index contributed by atoms with van der Waals surface area (Å²) in [6, 6.07) is 26.9. The Morgan fingerprint density at radius 2 is 1.50 bits per heavy atom. The van der Waals surface area contributed by atoms with Gasteiger partial charge in [0.25, 0.3) is 10.0 Å². The van der Waals surface area contributed by atoms with Gasteiger partial charge < -0.3 is 10.2 Å². The number of hydrogen-bond donors (Lipinski definition) is 1. The number of rotatable bonds is 13. The standard InChI is InChI=1S/C36H39Cl2N3O4S/c1-25(2)22-39-36(43)34(20-28-11-6-5-7-12-28)40(23-29-16-17-30(37)21-32(29)38)35(42)24-41(33-13-9-8-10-27(33)4)46(44,45)31-18-14-26(3)15-19-31/h5-19,21,25,34H,20,22-24H2,1-4H3,(H,39,43). The number of hydrogen-bond acceptors (Lipinski definition) is 4. The van der Waals surface area contributed by atoms with Crippen molar-refractivity contribution in [2.24, 2.45) is 5.92 Å². The van der Waals surface area contributed by atoms with Crippen LogP contribution in [-0.4, -0.2) is 44.3 Å². The highest BCUT2D eigenvalue weighted by molar-refractivity contribution is 7.92. The van der Waals surface area contributed by atoms with Gasteiger partial charge in [-0.15, -0.1) is 0 Å². The summed E-state index contributed by atoms with van der Waals surface area (Å²) < 4.78 is 29.6. The second kappa shape index (κ2) is 15.6. The molecule has 0 aliphatic rings. The van der Waals surface area contributed by atoms with Gasteiger partial charge in [-0.3, -0.25) is 13.9 Å². The van der Waals surface area contributed by atoms with Gasteiger partial charge in [-0.25, -0.2) is 8.42 Å². The zero-order chi connectivity index (χ0) is 33.4. The third kappa shape index (κ3) is 8.90. The molecule has 0 aliphatic carbocycles. The highest BCUT2D eigenvalue weighted by atomic mass is 35.5. The van der Waals surface area contributed by atoms with Crippen LogP contribution in [-0.2, 0) is 32.6 Å². The molecule has 4 aromatic rings. The van der Waals surface area contributed by atoms with Crippen LogP contribution in [0, 0.1) is 19.8 Å². The second-order valence-electron chi connectivity index (χ2n) is 11.7. The van der Waals surface area contributed by atoms with Crippen molar-refractivity contribution in [3.8, 4) is 0 Å². The van der Waals surface area contributed by atoms with Gasteiger partial charge in [0, 0.05) is 29.6 Å². The van der Waals surface area contributed by atoms with Crippen LogP contribution in [0.1, 0.15) is 36.1 Å². The molecule has 1 unspecified atom stereocenters. The molecule has 4 aromatic carbocycles. The predicted octanol–water partition coefficient (Wildman–Crippen LogP) is 7.22. The van der Waals surface area contributed by atoms with Gasteiger partial charge in [0.2, 0.25) is 11.8 Å². The number of nitrogens with one attached hydrogen (secondary N) is 1. The molecular weight excluding hydrogens is 641 g/mol. The van der Waals surface area contributed by atoms with Gasteiger partial charge in [0.05, 0.1) is 10.6 Å². The van der Waals surface area contributed by atoms with Crippen LogP contribution in [0.5, 0.6) is 0 Å². The minimum Gasteiger partial charge on any atom is -0.354 e. The maximum atomic E-state index is 14.6. The Hall–Kier alpha value is -3.85. The van der Waals surface area contributed by atoms with Gasteiger partial charge in [0.15, 0.2) is 0 Å². The topological polar surface area (TPSA) is 86.8 Å². The lowest BCUT2D eigenvalue weighted by molar-refractivity contribution is -0.140. The molecule has 0 fully saturated rings. The molecule has 0 bridgehead atoms. The molecule has 0 saturated heterocycles. The number of halogens is 2. The molecule has 7 nitrogen and oxygen atoms in total. The zero-order valence-corrected chi connectivity index (χ0v) is 28.7. The van der Waals surface area contributed by atoms with E-state index in [0.29, 0.717) is 33.4 Å². The number of nitrogens with zero attached hydrogens (tertiary/aromatic N) is 2. The lowest BCUT2D eigenvalue weighted by Gasteiger charge is -2.34. The van der Waals surface area contributed by atoms with Crippen LogP contribution in [0.3, 0.4) is 0 Å². The molecule has 0 saturated carbocycles. The predicted molar refractivity (Wildman–Crippen MR) is 186 cm³/mol. The van der Waals surface area contributed by atoms with Crippen molar-refractivity contribution >= 4 is 50.7 Å². The van der Waals surface area contributed by atoms with Gasteiger partial charge in [0.1, 0.15) is 12.6 Å². The zero-order valence-electron chi connectivity index (χ0n) is 26.4. The van der Waals surface area contributed by atoms with E-state index in [-0.39, 0.29) is 29.7 Å². The number of para-hydroxylation sites is 1. The minimum atomic E-state index is -4.19. The fourth-order valence-corrected chi connectivity index (χ4v) is 6.95. The number of carbonyl (C=O) groups excluding carboxylic acids is 2. The van der Waals surface area contributed by atoms with E-state index in [1.54, 1.807) is 61.5 Å². The Morgan fingerprint density at radius 1 is 0.848 bits per heavy atom. The molecule has 0 radical (unpaired) electrons. The van der Waals surface area contributed by atoms with Gasteiger partial charge in [-0.1, -0.05) is 109 Å². The molecule has 0 heterocycles. The maximum Gasteiger partial charge on any atom is 0.264 e. The van der Waals surface area contributed by atoms with E-state index in [0.717, 1.165) is 15.4 Å². The molecule has 1 atom stereocenters. The summed E-state index contributed by atoms with van der Waals surface area (Å²) in [6.45, 7) is 7.45. The Bertz CT molecular complexity index is 1760. The third-order valence-corrected chi connectivity index (χ3v) is 9.94. The number of carbonyl (C=O) groups is 2. The van der Waals surface area contributed by atoms with Gasteiger partial charge >= 0.3 is 0 Å². The van der Waals surface area contributed by atoms with E-state index in [4.69, 9.17) is 23.2 Å². The molecule has 0 aliphatic heterocycles. The highest BCUT2D eigenvalue weighted by Gasteiger charge is 2.35. The lowest BCUT2D eigenvalue weighted by atomic mass is 10.0. The van der Waals surface area contributed by atoms with Crippen LogP contribution in [0.15, 0.2) is 102 Å². The first-order chi connectivity index (χ1) is 21.9. The number of aryl methyl sites for hydroxylation is 2. The molecule has 4 rings (SSSR count). The summed E-state index contributed by atoms with van der Waals surface area (Å²) in [6.07, 6.45) is 0.205. The molecule has 10 heteroatoms. The summed E-state index contributed by atoms with van der Waals surface area (Å²) in [5.41, 5.74) is 3.35. The Labute approximate surface area is 282 Å². The van der Waals surface area contributed by atoms with E-state index >= 15 is 0 Å². The molecule has 0 aromatic heterocycles. The van der Waals surface area contributed by atoms with Crippen molar-refractivity contribution < 1.29 is 18.0 Å². The SMILES string of the molecule is Cc1ccc(S(=O)(=O)N(CC(=O)N(Cc2ccc(Cl)cc2Cl)C(Cc2ccccc2)C(=O)NCC(C)C)c2ccccc2C)cc1. The first-order valence-corrected chi connectivity index (χ1v) is 17.3. The lowest BCUT2D eigenvalue weighted by Crippen LogP contribution is -2.53. The average Bonchev–Trinajstić information content (AvgIpc) is 3.02. The molecular formula is C36H39Cl2N3O4S. The highest BCUT2D eigenvalue weighted by Crippen LogP contribution is 2.29. The van der Waals surface area contributed by atoms with E-state index in [9.17, 15) is 18.0 Å². The fourth-order valence-electron chi connectivity index (χ4n) is 5.00. The van der Waals surface area contributed by atoms with Crippen LogP contribution in [0.2, 0.25) is 10.0 Å². The number of anilines is 1. The minimum absolute atomic E-state index is 0.0480. The first kappa shape index (κ1) is 35.0. The number of sulfonamides is 1. The average molecular weight is 681 g/mol. The maximum absolute atomic E-state index is 14.6. The quantitative estimate of drug-likeness (QED) is 0.162. The van der Waals surface area contributed by atoms with E-state index in [1.807, 2.05) is 51.1 Å². The summed E-state index contributed by atoms with van der Waals surface area (Å²) in [5, 5.41) is 3.74. The fraction of sp³-hybridized carbons (Fsp3) is 0.278. The van der Waals surface area contributed by atoms with Crippen molar-refractivity contribution in [2.75, 3.05) is 17.4 Å². The second-order valence-corrected chi connectivity index (χ2v) is 14.4. The van der Waals surface area contributed by atoms with E-state index in [1.165, 1.54) is 17.0 Å². The van der Waals surface area contributed by atoms with Crippen molar-refractivity contribution in [3.05, 3.63) is 129 Å². The normalized spacial score (nSPS) is 12.1. The molecule has 0 spiro atoms. The summed E-state index contributed by atoms with van der Waals surface area (Å²) >= 11 is 12.8. The van der Waals surface area contributed by atoms with Crippen LogP contribution < -0.4 is 9.62 Å². The number of amides is 2. The Morgan fingerprint density at radius 3 is 2.13 bits per heavy atom. The molecule has 2 amide bonds. The van der Waals surface area contributed by atoms with Gasteiger partial charge in [-0.05, 0) is 66.8 Å². The molecule has 242 valence electrons. The van der Waals surface area contributed by atoms with Crippen molar-refractivity contribution in [1.82, 2.24) is 10.2 Å². The largest absolute Gasteiger partial charge is 0.354 e. The Balaban J connectivity index is 1.83. The molecule has 1 N–H and O–H groups in total. The summed E-state index contributed by atoms with van der Waals surface area (Å²) in [5.74, 6) is -0.738. The third-order valence-electron chi connectivity index (χ3n) is 7.58. The number of benzene rings is 4. The van der Waals surface area contributed by atoms with Crippen LogP contribution in [0.25, 0.3) is 0 Å². The van der Waals surface area contributed by atoms with Crippen LogP contribution >= 0.6 is 23.2 Å². The first-order valence-electron chi connectivity index (χ1n) is 15.1. The van der Waals surface area contributed by atoms with Crippen molar-refractivity contribution in [2.45, 2.75) is 51.6 Å². The van der Waals surface area contributed by atoms with Gasteiger partial charge in [-0.2, -0.15) is 0 Å². The summed E-state index contributed by atoms with van der Waals surface area (Å²) in [7, 11) is -4.19. The monoisotopic (exact) mass is 679 g/mol. The summed E-state index contributed by atoms with van der Waals surface area (Å²) in [4.78, 5) is 30.0. The smallest absolute Gasteiger partial charge is 0.264 e. The molecule has 46 heavy (non-hydrogen) atoms.